The monoisotopic (exact) mass is 387 g/mol. The zero-order chi connectivity index (χ0) is 19.0. The second-order valence-corrected chi connectivity index (χ2v) is 7.60. The highest BCUT2D eigenvalue weighted by Gasteiger charge is 2.13. The summed E-state index contributed by atoms with van der Waals surface area (Å²) in [7, 11) is 1.73. The molecule has 1 aromatic rings. The number of nitrogens with zero attached hydrogens (tertiary/aromatic N) is 1. The summed E-state index contributed by atoms with van der Waals surface area (Å²) in [6.07, 6.45) is 2.02. The van der Waals surface area contributed by atoms with Gasteiger partial charge in [-0.2, -0.15) is 0 Å². The zero-order valence-electron chi connectivity index (χ0n) is 15.2. The van der Waals surface area contributed by atoms with Crippen molar-refractivity contribution in [3.63, 3.8) is 0 Å². The van der Waals surface area contributed by atoms with Crippen molar-refractivity contribution in [3.05, 3.63) is 28.2 Å². The summed E-state index contributed by atoms with van der Waals surface area (Å²) >= 11 is 11.8. The summed E-state index contributed by atoms with van der Waals surface area (Å²) in [4.78, 5) is 25.7. The van der Waals surface area contributed by atoms with E-state index in [4.69, 9.17) is 23.2 Å². The van der Waals surface area contributed by atoms with E-state index in [2.05, 4.69) is 24.5 Å². The molecule has 0 heterocycles. The number of halogens is 2. The van der Waals surface area contributed by atoms with Crippen LogP contribution in [0.1, 0.15) is 33.6 Å². The summed E-state index contributed by atoms with van der Waals surface area (Å²) in [6, 6.07) is 5.02. The molecule has 2 N–H and O–H groups in total. The van der Waals surface area contributed by atoms with Crippen LogP contribution in [-0.4, -0.2) is 42.9 Å². The van der Waals surface area contributed by atoms with Gasteiger partial charge in [-0.05, 0) is 50.9 Å². The molecule has 0 unspecified atom stereocenters. The van der Waals surface area contributed by atoms with Crippen molar-refractivity contribution < 1.29 is 9.59 Å². The summed E-state index contributed by atoms with van der Waals surface area (Å²) in [5.41, 5.74) is 0.569. The third-order valence-corrected chi connectivity index (χ3v) is 4.35. The predicted molar refractivity (Wildman–Crippen MR) is 104 cm³/mol. The normalized spacial score (nSPS) is 12.3. The molecule has 0 aromatic heterocycles. The van der Waals surface area contributed by atoms with Crippen LogP contribution in [0.2, 0.25) is 10.0 Å². The fraction of sp³-hybridized carbons (Fsp3) is 0.556. The van der Waals surface area contributed by atoms with Crippen molar-refractivity contribution in [1.82, 2.24) is 10.2 Å². The highest BCUT2D eigenvalue weighted by Crippen LogP contribution is 2.24. The maximum absolute atomic E-state index is 12.0. The fourth-order valence-electron chi connectivity index (χ4n) is 2.30. The molecule has 140 valence electrons. The Labute approximate surface area is 160 Å². The smallest absolute Gasteiger partial charge is 0.238 e. The first-order valence-corrected chi connectivity index (χ1v) is 9.15. The number of nitrogens with one attached hydrogen (secondary N) is 2. The van der Waals surface area contributed by atoms with E-state index >= 15 is 0 Å². The third kappa shape index (κ3) is 9.10. The van der Waals surface area contributed by atoms with E-state index in [1.807, 2.05) is 6.92 Å². The molecular weight excluding hydrogens is 361 g/mol. The van der Waals surface area contributed by atoms with Crippen LogP contribution in [0.5, 0.6) is 0 Å². The molecule has 0 fully saturated rings. The molecule has 25 heavy (non-hydrogen) atoms. The predicted octanol–water partition coefficient (Wildman–Crippen LogP) is 3.80. The van der Waals surface area contributed by atoms with Gasteiger partial charge < -0.3 is 10.6 Å². The number of amides is 2. The van der Waals surface area contributed by atoms with Crippen LogP contribution in [-0.2, 0) is 9.59 Å². The van der Waals surface area contributed by atoms with E-state index in [0.29, 0.717) is 21.7 Å². The van der Waals surface area contributed by atoms with Crippen molar-refractivity contribution in [3.8, 4) is 0 Å². The van der Waals surface area contributed by atoms with Crippen molar-refractivity contribution in [2.24, 2.45) is 5.92 Å². The van der Waals surface area contributed by atoms with Gasteiger partial charge in [0.1, 0.15) is 0 Å². The van der Waals surface area contributed by atoms with Crippen molar-refractivity contribution in [1.29, 1.82) is 0 Å². The molecule has 0 aliphatic heterocycles. The molecule has 1 atom stereocenters. The lowest BCUT2D eigenvalue weighted by Gasteiger charge is -2.19. The minimum atomic E-state index is -0.221. The van der Waals surface area contributed by atoms with E-state index in [1.54, 1.807) is 30.1 Å². The van der Waals surface area contributed by atoms with Crippen molar-refractivity contribution in [2.45, 2.75) is 39.7 Å². The van der Waals surface area contributed by atoms with Gasteiger partial charge in [-0.25, -0.2) is 0 Å². The molecule has 0 saturated carbocycles. The molecule has 0 saturated heterocycles. The SMILES string of the molecule is CC(C)CC[C@H](C)NC(=O)CN(C)CC(=O)Nc1ccc(Cl)c(Cl)c1. The second kappa shape index (κ2) is 10.6. The lowest BCUT2D eigenvalue weighted by Crippen LogP contribution is -2.42. The van der Waals surface area contributed by atoms with Crippen LogP contribution in [0, 0.1) is 5.92 Å². The third-order valence-electron chi connectivity index (χ3n) is 3.61. The van der Waals surface area contributed by atoms with Crippen molar-refractivity contribution in [2.75, 3.05) is 25.5 Å². The quantitative estimate of drug-likeness (QED) is 0.677. The molecule has 0 aliphatic rings. The average molecular weight is 388 g/mol. The number of hydrogen-bond donors (Lipinski definition) is 2. The van der Waals surface area contributed by atoms with Gasteiger partial charge in [-0.3, -0.25) is 14.5 Å². The first-order chi connectivity index (χ1) is 11.7. The zero-order valence-corrected chi connectivity index (χ0v) is 16.7. The number of carbonyl (C=O) groups is 2. The van der Waals surface area contributed by atoms with E-state index < -0.39 is 0 Å². The Balaban J connectivity index is 2.37. The number of anilines is 1. The molecular formula is C18H27Cl2N3O2. The molecule has 0 bridgehead atoms. The van der Waals surface area contributed by atoms with Gasteiger partial charge in [0.15, 0.2) is 0 Å². The van der Waals surface area contributed by atoms with E-state index in [9.17, 15) is 9.59 Å². The number of carbonyl (C=O) groups excluding carboxylic acids is 2. The minimum Gasteiger partial charge on any atom is -0.353 e. The van der Waals surface area contributed by atoms with E-state index in [1.165, 1.54) is 0 Å². The maximum atomic E-state index is 12.0. The highest BCUT2D eigenvalue weighted by atomic mass is 35.5. The van der Waals surface area contributed by atoms with Crippen LogP contribution in [0.4, 0.5) is 5.69 Å². The van der Waals surface area contributed by atoms with E-state index in [-0.39, 0.29) is 30.9 Å². The molecule has 5 nitrogen and oxygen atoms in total. The minimum absolute atomic E-state index is 0.0823. The van der Waals surface area contributed by atoms with Crippen LogP contribution >= 0.6 is 23.2 Å². The van der Waals surface area contributed by atoms with Crippen LogP contribution < -0.4 is 10.6 Å². The Bertz CT molecular complexity index is 594. The van der Waals surface area contributed by atoms with Gasteiger partial charge in [0.2, 0.25) is 11.8 Å². The summed E-state index contributed by atoms with van der Waals surface area (Å²) in [5, 5.41) is 6.50. The first kappa shape index (κ1) is 21.7. The number of rotatable bonds is 9. The Morgan fingerprint density at radius 1 is 1.04 bits per heavy atom. The number of likely N-dealkylation sites (N-methyl/N-ethyl adjacent to an activating group) is 1. The Morgan fingerprint density at radius 2 is 1.68 bits per heavy atom. The number of hydrogen-bond acceptors (Lipinski definition) is 3. The molecule has 0 aliphatic carbocycles. The fourth-order valence-corrected chi connectivity index (χ4v) is 2.59. The van der Waals surface area contributed by atoms with Gasteiger partial charge in [-0.15, -0.1) is 0 Å². The van der Waals surface area contributed by atoms with Crippen LogP contribution in [0.15, 0.2) is 18.2 Å². The van der Waals surface area contributed by atoms with Gasteiger partial charge >= 0.3 is 0 Å². The maximum Gasteiger partial charge on any atom is 0.238 e. The summed E-state index contributed by atoms with van der Waals surface area (Å²) in [5.74, 6) is 0.315. The van der Waals surface area contributed by atoms with Gasteiger partial charge in [0.25, 0.3) is 0 Å². The highest BCUT2D eigenvalue weighted by molar-refractivity contribution is 6.42. The number of benzene rings is 1. The van der Waals surface area contributed by atoms with Gasteiger partial charge in [0.05, 0.1) is 23.1 Å². The average Bonchev–Trinajstić information content (AvgIpc) is 2.48. The Kier molecular flexibility index (Phi) is 9.25. The van der Waals surface area contributed by atoms with Crippen LogP contribution in [0.25, 0.3) is 0 Å². The lowest BCUT2D eigenvalue weighted by molar-refractivity contribution is -0.123. The lowest BCUT2D eigenvalue weighted by atomic mass is 10.0. The van der Waals surface area contributed by atoms with Gasteiger partial charge in [0, 0.05) is 11.7 Å². The molecule has 1 rings (SSSR count). The molecule has 0 spiro atoms. The standard InChI is InChI=1S/C18H27Cl2N3O2/c1-12(2)5-6-13(3)21-17(24)10-23(4)11-18(25)22-14-7-8-15(19)16(20)9-14/h7-9,12-13H,5-6,10-11H2,1-4H3,(H,21,24)(H,22,25)/t13-/m0/s1. The summed E-state index contributed by atoms with van der Waals surface area (Å²) in [6.45, 7) is 6.59. The van der Waals surface area contributed by atoms with Crippen LogP contribution in [0.3, 0.4) is 0 Å². The van der Waals surface area contributed by atoms with Gasteiger partial charge in [-0.1, -0.05) is 37.0 Å². The molecule has 1 aromatic carbocycles. The van der Waals surface area contributed by atoms with E-state index in [0.717, 1.165) is 12.8 Å². The topological polar surface area (TPSA) is 61.4 Å². The largest absolute Gasteiger partial charge is 0.353 e. The molecule has 2 amide bonds. The van der Waals surface area contributed by atoms with Crippen molar-refractivity contribution >= 4 is 40.7 Å². The molecule has 0 radical (unpaired) electrons. The Morgan fingerprint density at radius 3 is 2.28 bits per heavy atom. The second-order valence-electron chi connectivity index (χ2n) is 6.79. The first-order valence-electron chi connectivity index (χ1n) is 8.40. The molecule has 7 heteroatoms. The Hall–Kier alpha value is -1.30. The summed E-state index contributed by atoms with van der Waals surface area (Å²) < 4.78 is 0.